The Hall–Kier alpha value is -1.52. The Kier molecular flexibility index (Phi) is 4.52. The van der Waals surface area contributed by atoms with Crippen molar-refractivity contribution in [3.63, 3.8) is 0 Å². The zero-order chi connectivity index (χ0) is 9.56. The summed E-state index contributed by atoms with van der Waals surface area (Å²) < 4.78 is 8.89. The van der Waals surface area contributed by atoms with E-state index < -0.39 is 12.1 Å². The minimum absolute atomic E-state index is 0. The van der Waals surface area contributed by atoms with Gasteiger partial charge in [0.1, 0.15) is 13.2 Å². The van der Waals surface area contributed by atoms with Gasteiger partial charge < -0.3 is 15.2 Å². The zero-order valence-electron chi connectivity index (χ0n) is 6.83. The van der Waals surface area contributed by atoms with Gasteiger partial charge in [0.2, 0.25) is 0 Å². The average Bonchev–Trinajstić information content (AvgIpc) is 1.97. The normalized spacial score (nSPS) is 8.75. The highest BCUT2D eigenvalue weighted by molar-refractivity contribution is 5.86. The highest BCUT2D eigenvalue weighted by atomic mass is 16.6. The number of amides is 1. The molecule has 0 heterocycles. The summed E-state index contributed by atoms with van der Waals surface area (Å²) in [5.74, 6) is -0.511. The van der Waals surface area contributed by atoms with Gasteiger partial charge in [-0.2, -0.15) is 0 Å². The zero-order valence-corrected chi connectivity index (χ0v) is 6.83. The van der Waals surface area contributed by atoms with Gasteiger partial charge in [-0.05, 0) is 6.92 Å². The Balaban J connectivity index is 0. The van der Waals surface area contributed by atoms with Crippen LogP contribution in [0.5, 0.6) is 0 Å². The predicted molar refractivity (Wildman–Crippen MR) is 43.4 cm³/mol. The van der Waals surface area contributed by atoms with Crippen molar-refractivity contribution >= 4 is 12.1 Å². The molecule has 0 aliphatic rings. The summed E-state index contributed by atoms with van der Waals surface area (Å²) in [4.78, 5) is 20.7. The molecule has 0 aromatic carbocycles. The van der Waals surface area contributed by atoms with Crippen molar-refractivity contribution in [3.05, 3.63) is 12.2 Å². The maximum absolute atomic E-state index is 10.7. The molecule has 1 amide bonds. The monoisotopic (exact) mass is 175 g/mol. The third kappa shape index (κ3) is 5.28. The largest absolute Gasteiger partial charge is 0.459 e. The van der Waals surface area contributed by atoms with E-state index in [1.165, 1.54) is 6.92 Å². The topological polar surface area (TPSA) is 78.6 Å². The summed E-state index contributed by atoms with van der Waals surface area (Å²) in [5, 5.41) is 0. The van der Waals surface area contributed by atoms with E-state index in [4.69, 9.17) is 0 Å². The number of primary amides is 1. The SMILES string of the molecule is C=C(C)C(=O)OCCOC(N)=O.[HH]. The first-order chi connectivity index (χ1) is 5.54. The molecule has 2 N–H and O–H groups in total. The van der Waals surface area contributed by atoms with Crippen molar-refractivity contribution < 1.29 is 20.5 Å². The van der Waals surface area contributed by atoms with Crippen LogP contribution < -0.4 is 5.73 Å². The molecule has 0 bridgehead atoms. The summed E-state index contributed by atoms with van der Waals surface area (Å²) in [6, 6.07) is 0. The van der Waals surface area contributed by atoms with Crippen LogP contribution in [0.4, 0.5) is 4.79 Å². The van der Waals surface area contributed by atoms with Crippen LogP contribution in [0.15, 0.2) is 12.2 Å². The molecule has 0 unspecified atom stereocenters. The Labute approximate surface area is 71.6 Å². The number of hydrogen-bond donors (Lipinski definition) is 1. The number of ether oxygens (including phenoxy) is 2. The number of carbonyl (C=O) groups is 2. The van der Waals surface area contributed by atoms with Gasteiger partial charge in [0.25, 0.3) is 0 Å². The van der Waals surface area contributed by atoms with Crippen LogP contribution in [0.1, 0.15) is 8.35 Å². The van der Waals surface area contributed by atoms with Crippen molar-refractivity contribution in [2.45, 2.75) is 6.92 Å². The van der Waals surface area contributed by atoms with Crippen LogP contribution >= 0.6 is 0 Å². The van der Waals surface area contributed by atoms with Gasteiger partial charge in [0.15, 0.2) is 0 Å². The van der Waals surface area contributed by atoms with Crippen molar-refractivity contribution in [3.8, 4) is 0 Å². The van der Waals surface area contributed by atoms with Gasteiger partial charge in [-0.25, -0.2) is 9.59 Å². The summed E-state index contributed by atoms with van der Waals surface area (Å²) in [6.45, 7) is 4.85. The lowest BCUT2D eigenvalue weighted by Crippen LogP contribution is -2.18. The van der Waals surface area contributed by atoms with Crippen LogP contribution in [0.3, 0.4) is 0 Å². The molecule has 0 aromatic rings. The van der Waals surface area contributed by atoms with Gasteiger partial charge in [0.05, 0.1) is 0 Å². The van der Waals surface area contributed by atoms with E-state index in [0.29, 0.717) is 5.57 Å². The number of esters is 1. The van der Waals surface area contributed by atoms with E-state index in [-0.39, 0.29) is 14.6 Å². The fraction of sp³-hybridized carbons (Fsp3) is 0.429. The molecular weight excluding hydrogens is 162 g/mol. The Morgan fingerprint density at radius 2 is 1.92 bits per heavy atom. The summed E-state index contributed by atoms with van der Waals surface area (Å²) >= 11 is 0. The fourth-order valence-corrected chi connectivity index (χ4v) is 0.400. The second kappa shape index (κ2) is 5.17. The number of carbonyl (C=O) groups excluding carboxylic acids is 2. The molecule has 0 saturated carbocycles. The van der Waals surface area contributed by atoms with Gasteiger partial charge in [0, 0.05) is 7.00 Å². The predicted octanol–water partition coefficient (Wildman–Crippen LogP) is 0.447. The minimum atomic E-state index is -0.888. The fourth-order valence-electron chi connectivity index (χ4n) is 0.400. The van der Waals surface area contributed by atoms with Crippen LogP contribution in [0.25, 0.3) is 0 Å². The molecule has 5 heteroatoms. The van der Waals surface area contributed by atoms with Gasteiger partial charge in [-0.15, -0.1) is 0 Å². The van der Waals surface area contributed by atoms with Gasteiger partial charge in [-0.1, -0.05) is 6.58 Å². The van der Waals surface area contributed by atoms with Gasteiger partial charge >= 0.3 is 12.1 Å². The van der Waals surface area contributed by atoms with Crippen LogP contribution in [-0.4, -0.2) is 25.3 Å². The molecular formula is C7H13NO4. The second-order valence-corrected chi connectivity index (χ2v) is 2.08. The van der Waals surface area contributed by atoms with Gasteiger partial charge in [-0.3, -0.25) is 0 Å². The highest BCUT2D eigenvalue weighted by Crippen LogP contribution is 1.91. The van der Waals surface area contributed by atoms with E-state index >= 15 is 0 Å². The van der Waals surface area contributed by atoms with E-state index in [1.807, 2.05) is 0 Å². The summed E-state index contributed by atoms with van der Waals surface area (Å²) in [7, 11) is 0. The Bertz CT molecular complexity index is 205. The molecule has 0 saturated heterocycles. The van der Waals surface area contributed by atoms with Crippen molar-refractivity contribution in [2.75, 3.05) is 13.2 Å². The average molecular weight is 175 g/mol. The molecule has 70 valence electrons. The number of rotatable bonds is 4. The van der Waals surface area contributed by atoms with Crippen LogP contribution in [0.2, 0.25) is 0 Å². The Morgan fingerprint density at radius 1 is 1.42 bits per heavy atom. The lowest BCUT2D eigenvalue weighted by atomic mass is 10.4. The van der Waals surface area contributed by atoms with E-state index in [9.17, 15) is 9.59 Å². The van der Waals surface area contributed by atoms with Crippen molar-refractivity contribution in [1.29, 1.82) is 0 Å². The third-order valence-electron chi connectivity index (χ3n) is 0.909. The first kappa shape index (κ1) is 10.5. The number of nitrogens with two attached hydrogens (primary N) is 1. The molecule has 0 fully saturated rings. The molecule has 0 radical (unpaired) electrons. The molecule has 0 rings (SSSR count). The smallest absolute Gasteiger partial charge is 0.404 e. The van der Waals surface area contributed by atoms with E-state index in [2.05, 4.69) is 21.8 Å². The second-order valence-electron chi connectivity index (χ2n) is 2.08. The van der Waals surface area contributed by atoms with E-state index in [0.717, 1.165) is 0 Å². The molecule has 0 aliphatic carbocycles. The maximum Gasteiger partial charge on any atom is 0.404 e. The summed E-state index contributed by atoms with van der Waals surface area (Å²) in [6.07, 6.45) is -0.888. The Morgan fingerprint density at radius 3 is 2.33 bits per heavy atom. The molecule has 5 nitrogen and oxygen atoms in total. The lowest BCUT2D eigenvalue weighted by molar-refractivity contribution is -0.139. The quantitative estimate of drug-likeness (QED) is 0.382. The molecule has 0 atom stereocenters. The first-order valence-corrected chi connectivity index (χ1v) is 3.29. The number of hydrogen-bond acceptors (Lipinski definition) is 4. The van der Waals surface area contributed by atoms with E-state index in [1.54, 1.807) is 0 Å². The molecule has 0 spiro atoms. The first-order valence-electron chi connectivity index (χ1n) is 3.29. The molecule has 0 aromatic heterocycles. The van der Waals surface area contributed by atoms with Crippen LogP contribution in [-0.2, 0) is 14.3 Å². The lowest BCUT2D eigenvalue weighted by Gasteiger charge is -2.03. The standard InChI is InChI=1S/C7H11NO4.H2/c1-5(2)6(9)11-3-4-12-7(8)10;/h1,3-4H2,2H3,(H2,8,10);1H. The maximum atomic E-state index is 10.7. The third-order valence-corrected chi connectivity index (χ3v) is 0.909. The van der Waals surface area contributed by atoms with Crippen LogP contribution in [0, 0.1) is 0 Å². The van der Waals surface area contributed by atoms with Crippen molar-refractivity contribution in [2.24, 2.45) is 5.73 Å². The highest BCUT2D eigenvalue weighted by Gasteiger charge is 2.02. The summed E-state index contributed by atoms with van der Waals surface area (Å²) in [5.41, 5.74) is 4.95. The minimum Gasteiger partial charge on any atom is -0.459 e. The molecule has 0 aliphatic heterocycles. The molecule has 12 heavy (non-hydrogen) atoms. The van der Waals surface area contributed by atoms with Crippen molar-refractivity contribution in [1.82, 2.24) is 0 Å².